The second-order valence-corrected chi connectivity index (χ2v) is 4.01. The number of fused-ring (bicyclic) bond motifs is 1. The van der Waals surface area contributed by atoms with Gasteiger partial charge in [0.05, 0.1) is 11.2 Å². The predicted molar refractivity (Wildman–Crippen MR) is 77.0 cm³/mol. The molecule has 0 aliphatic rings. The van der Waals surface area contributed by atoms with E-state index in [1.807, 2.05) is 54.6 Å². The zero-order valence-electron chi connectivity index (χ0n) is 10.2. The van der Waals surface area contributed by atoms with Gasteiger partial charge in [0.25, 0.3) is 0 Å². The van der Waals surface area contributed by atoms with Gasteiger partial charge in [0, 0.05) is 11.4 Å². The topological polar surface area (TPSA) is 29.0 Å². The van der Waals surface area contributed by atoms with Gasteiger partial charge < -0.3 is 0 Å². The van der Waals surface area contributed by atoms with E-state index in [1.54, 1.807) is 4.90 Å². The van der Waals surface area contributed by atoms with Crippen molar-refractivity contribution in [2.24, 2.45) is 0 Å². The van der Waals surface area contributed by atoms with E-state index in [2.05, 4.69) is 16.0 Å². The molecule has 0 bridgehead atoms. The van der Waals surface area contributed by atoms with Crippen molar-refractivity contribution in [2.75, 3.05) is 4.90 Å². The highest BCUT2D eigenvalue weighted by Crippen LogP contribution is 2.28. The molecule has 19 heavy (non-hydrogen) atoms. The summed E-state index contributed by atoms with van der Waals surface area (Å²) in [5, 5.41) is 0.937. The van der Waals surface area contributed by atoms with Crippen LogP contribution in [0.3, 0.4) is 0 Å². The molecule has 0 radical (unpaired) electrons. The molecule has 0 amide bonds. The summed E-state index contributed by atoms with van der Waals surface area (Å²) < 4.78 is 0. The molecule has 3 heteroatoms. The van der Waals surface area contributed by atoms with Gasteiger partial charge in [0.2, 0.25) is 0 Å². The van der Waals surface area contributed by atoms with E-state index in [-0.39, 0.29) is 0 Å². The lowest BCUT2D eigenvalue weighted by molar-refractivity contribution is 1.16. The quantitative estimate of drug-likeness (QED) is 0.512. The van der Waals surface area contributed by atoms with Crippen molar-refractivity contribution in [1.82, 2.24) is 9.97 Å². The summed E-state index contributed by atoms with van der Waals surface area (Å²) in [5.41, 5.74) is 1.79. The van der Waals surface area contributed by atoms with Crippen LogP contribution in [0, 0.1) is 12.5 Å². The van der Waals surface area contributed by atoms with E-state index in [0.717, 1.165) is 22.4 Å². The van der Waals surface area contributed by atoms with Crippen molar-refractivity contribution in [3.05, 3.63) is 60.9 Å². The van der Waals surface area contributed by atoms with Gasteiger partial charge in [-0.05, 0) is 24.3 Å². The maximum Gasteiger partial charge on any atom is 0.156 e. The predicted octanol–water partition coefficient (Wildman–Crippen LogP) is 3.36. The standard InChI is InChI=1S/C16H11N3/c1-2-19(13-8-4-3-5-9-13)16-14-10-6-7-11-15(14)17-12-18-16/h1,3-12H. The van der Waals surface area contributed by atoms with E-state index >= 15 is 0 Å². The lowest BCUT2D eigenvalue weighted by Gasteiger charge is -2.17. The Balaban J connectivity index is 2.21. The fraction of sp³-hybridized carbons (Fsp3) is 0. The minimum Gasteiger partial charge on any atom is -0.253 e. The van der Waals surface area contributed by atoms with Crippen LogP contribution in [0.4, 0.5) is 11.5 Å². The molecule has 3 aromatic rings. The average Bonchev–Trinajstić information content (AvgIpc) is 2.49. The molecule has 0 N–H and O–H groups in total. The molecule has 0 aliphatic carbocycles. The maximum absolute atomic E-state index is 5.64. The Morgan fingerprint density at radius 3 is 2.42 bits per heavy atom. The van der Waals surface area contributed by atoms with Crippen LogP contribution in [-0.4, -0.2) is 9.97 Å². The van der Waals surface area contributed by atoms with E-state index < -0.39 is 0 Å². The zero-order chi connectivity index (χ0) is 13.1. The molecule has 3 nitrogen and oxygen atoms in total. The molecular weight excluding hydrogens is 234 g/mol. The molecule has 0 saturated heterocycles. The lowest BCUT2D eigenvalue weighted by Crippen LogP contribution is -2.11. The molecule has 1 heterocycles. The van der Waals surface area contributed by atoms with Gasteiger partial charge >= 0.3 is 0 Å². The molecule has 0 spiro atoms. The number of anilines is 2. The lowest BCUT2D eigenvalue weighted by atomic mass is 10.2. The van der Waals surface area contributed by atoms with Crippen LogP contribution >= 0.6 is 0 Å². The number of terminal acetylenes is 1. The Bertz CT molecular complexity index is 739. The molecule has 0 aliphatic heterocycles. The molecular formula is C16H11N3. The number of para-hydroxylation sites is 2. The van der Waals surface area contributed by atoms with Gasteiger partial charge in [0.1, 0.15) is 6.33 Å². The minimum absolute atomic E-state index is 0.722. The Labute approximate surface area is 111 Å². The maximum atomic E-state index is 5.64. The van der Waals surface area contributed by atoms with Crippen LogP contribution in [-0.2, 0) is 0 Å². The van der Waals surface area contributed by atoms with Gasteiger partial charge in [-0.3, -0.25) is 4.90 Å². The summed E-state index contributed by atoms with van der Waals surface area (Å²) in [6, 6.07) is 20.2. The first kappa shape index (κ1) is 11.2. The van der Waals surface area contributed by atoms with E-state index in [4.69, 9.17) is 6.42 Å². The van der Waals surface area contributed by atoms with Crippen molar-refractivity contribution in [1.29, 1.82) is 0 Å². The van der Waals surface area contributed by atoms with Crippen molar-refractivity contribution in [3.8, 4) is 12.5 Å². The summed E-state index contributed by atoms with van der Waals surface area (Å²) in [4.78, 5) is 10.3. The van der Waals surface area contributed by atoms with E-state index in [1.165, 1.54) is 6.33 Å². The first-order chi connectivity index (χ1) is 9.40. The van der Waals surface area contributed by atoms with Gasteiger partial charge in [0.15, 0.2) is 5.82 Å². The first-order valence-corrected chi connectivity index (χ1v) is 5.91. The molecule has 0 atom stereocenters. The summed E-state index contributed by atoms with van der Waals surface area (Å²) in [7, 11) is 0. The molecule has 0 fully saturated rings. The molecule has 3 rings (SSSR count). The molecule has 0 unspecified atom stereocenters. The summed E-state index contributed by atoms with van der Waals surface area (Å²) >= 11 is 0. The SMILES string of the molecule is C#CN(c1ccccc1)c1ncnc2ccccc12. The summed E-state index contributed by atoms with van der Waals surface area (Å²) in [5.74, 6) is 0.722. The number of hydrogen-bond donors (Lipinski definition) is 0. The fourth-order valence-corrected chi connectivity index (χ4v) is 2.00. The highest BCUT2D eigenvalue weighted by atomic mass is 15.2. The second-order valence-electron chi connectivity index (χ2n) is 4.01. The van der Waals surface area contributed by atoms with Crippen LogP contribution < -0.4 is 4.90 Å². The zero-order valence-corrected chi connectivity index (χ0v) is 10.2. The highest BCUT2D eigenvalue weighted by molar-refractivity contribution is 5.92. The third-order valence-electron chi connectivity index (χ3n) is 2.88. The number of aromatic nitrogens is 2. The monoisotopic (exact) mass is 245 g/mol. The Morgan fingerprint density at radius 1 is 0.895 bits per heavy atom. The van der Waals surface area contributed by atoms with Gasteiger partial charge in [-0.1, -0.05) is 36.8 Å². The molecule has 2 aromatic carbocycles. The van der Waals surface area contributed by atoms with Crippen LogP contribution in [0.2, 0.25) is 0 Å². The number of hydrogen-bond acceptors (Lipinski definition) is 3. The largest absolute Gasteiger partial charge is 0.253 e. The van der Waals surface area contributed by atoms with Gasteiger partial charge in [-0.2, -0.15) is 0 Å². The van der Waals surface area contributed by atoms with Crippen LogP contribution in [0.1, 0.15) is 0 Å². The second kappa shape index (κ2) is 4.79. The number of benzene rings is 2. The smallest absolute Gasteiger partial charge is 0.156 e. The van der Waals surface area contributed by atoms with Crippen molar-refractivity contribution < 1.29 is 0 Å². The number of rotatable bonds is 2. The van der Waals surface area contributed by atoms with Gasteiger partial charge in [-0.15, -0.1) is 0 Å². The van der Waals surface area contributed by atoms with Gasteiger partial charge in [-0.25, -0.2) is 9.97 Å². The minimum atomic E-state index is 0.722. The number of nitrogens with zero attached hydrogens (tertiary/aromatic N) is 3. The van der Waals surface area contributed by atoms with Crippen molar-refractivity contribution >= 4 is 22.4 Å². The van der Waals surface area contributed by atoms with Crippen molar-refractivity contribution in [3.63, 3.8) is 0 Å². The first-order valence-electron chi connectivity index (χ1n) is 5.91. The van der Waals surface area contributed by atoms with E-state index in [9.17, 15) is 0 Å². The Hall–Kier alpha value is -2.86. The molecule has 90 valence electrons. The normalized spacial score (nSPS) is 10.1. The fourth-order valence-electron chi connectivity index (χ4n) is 2.00. The Morgan fingerprint density at radius 2 is 1.63 bits per heavy atom. The van der Waals surface area contributed by atoms with E-state index in [0.29, 0.717) is 0 Å². The van der Waals surface area contributed by atoms with Crippen LogP contribution in [0.15, 0.2) is 60.9 Å². The summed E-state index contributed by atoms with van der Waals surface area (Å²) in [6.07, 6.45) is 7.18. The summed E-state index contributed by atoms with van der Waals surface area (Å²) in [6.45, 7) is 0. The average molecular weight is 245 g/mol. The molecule has 0 saturated carbocycles. The third-order valence-corrected chi connectivity index (χ3v) is 2.88. The van der Waals surface area contributed by atoms with Crippen LogP contribution in [0.25, 0.3) is 10.9 Å². The van der Waals surface area contributed by atoms with Crippen LogP contribution in [0.5, 0.6) is 0 Å². The third kappa shape index (κ3) is 2.00. The van der Waals surface area contributed by atoms with Crippen molar-refractivity contribution in [2.45, 2.75) is 0 Å². The highest BCUT2D eigenvalue weighted by Gasteiger charge is 2.11. The Kier molecular flexibility index (Phi) is 2.83. The molecule has 1 aromatic heterocycles.